The minimum atomic E-state index is -1.31. The van der Waals surface area contributed by atoms with Crippen LogP contribution >= 0.6 is 0 Å². The lowest BCUT2D eigenvalue weighted by atomic mass is 10.2. The van der Waals surface area contributed by atoms with Crippen molar-refractivity contribution < 1.29 is 28.6 Å². The van der Waals surface area contributed by atoms with Crippen LogP contribution in [0.15, 0.2) is 30.3 Å². The van der Waals surface area contributed by atoms with Crippen molar-refractivity contribution in [3.8, 4) is 0 Å². The standard InChI is InChI=1S/C15H18O6/c1-3-19-13(16)10-12(15(18)20-4-2)21-14(17)11-8-6-5-7-9-11/h5-9,12H,3-4,10H2,1-2H3/t12-/m1/s1. The zero-order valence-electron chi connectivity index (χ0n) is 12.0. The van der Waals surface area contributed by atoms with Crippen molar-refractivity contribution in [2.75, 3.05) is 13.2 Å². The Bertz CT molecular complexity index is 482. The second-order valence-electron chi connectivity index (χ2n) is 4.02. The van der Waals surface area contributed by atoms with E-state index in [0.717, 1.165) is 0 Å². The molecule has 0 radical (unpaired) electrons. The van der Waals surface area contributed by atoms with E-state index in [1.165, 1.54) is 0 Å². The number of carbonyl (C=O) groups excluding carboxylic acids is 3. The van der Waals surface area contributed by atoms with Gasteiger partial charge in [0.15, 0.2) is 0 Å². The molecule has 0 aliphatic carbocycles. The minimum Gasteiger partial charge on any atom is -0.466 e. The maximum absolute atomic E-state index is 11.9. The van der Waals surface area contributed by atoms with Gasteiger partial charge in [0.1, 0.15) is 0 Å². The van der Waals surface area contributed by atoms with Crippen molar-refractivity contribution in [3.05, 3.63) is 35.9 Å². The van der Waals surface area contributed by atoms with Crippen molar-refractivity contribution in [1.82, 2.24) is 0 Å². The highest BCUT2D eigenvalue weighted by molar-refractivity contribution is 5.92. The van der Waals surface area contributed by atoms with Crippen molar-refractivity contribution in [2.24, 2.45) is 0 Å². The Kier molecular flexibility index (Phi) is 6.94. The summed E-state index contributed by atoms with van der Waals surface area (Å²) in [5.74, 6) is -2.09. The molecule has 0 saturated carbocycles. The molecule has 114 valence electrons. The maximum Gasteiger partial charge on any atom is 0.348 e. The summed E-state index contributed by atoms with van der Waals surface area (Å²) in [6, 6.07) is 8.19. The van der Waals surface area contributed by atoms with E-state index in [1.807, 2.05) is 0 Å². The Morgan fingerprint density at radius 3 is 2.19 bits per heavy atom. The molecule has 6 heteroatoms. The summed E-state index contributed by atoms with van der Waals surface area (Å²) < 4.78 is 14.6. The summed E-state index contributed by atoms with van der Waals surface area (Å²) in [5, 5.41) is 0. The highest BCUT2D eigenvalue weighted by Gasteiger charge is 2.28. The summed E-state index contributed by atoms with van der Waals surface area (Å²) in [5.41, 5.74) is 0.288. The molecule has 0 unspecified atom stereocenters. The summed E-state index contributed by atoms with van der Waals surface area (Å²) in [6.45, 7) is 3.58. The molecule has 1 aromatic carbocycles. The third kappa shape index (κ3) is 5.64. The average molecular weight is 294 g/mol. The highest BCUT2D eigenvalue weighted by Crippen LogP contribution is 2.09. The van der Waals surface area contributed by atoms with Crippen LogP contribution in [0.1, 0.15) is 30.6 Å². The Morgan fingerprint density at radius 2 is 1.62 bits per heavy atom. The Balaban J connectivity index is 2.74. The number of esters is 3. The molecule has 0 N–H and O–H groups in total. The van der Waals surface area contributed by atoms with Gasteiger partial charge in [0, 0.05) is 0 Å². The fourth-order valence-electron chi connectivity index (χ4n) is 1.55. The lowest BCUT2D eigenvalue weighted by Gasteiger charge is -2.15. The fraction of sp³-hybridized carbons (Fsp3) is 0.400. The second kappa shape index (κ2) is 8.73. The molecule has 1 rings (SSSR count). The van der Waals surface area contributed by atoms with Crippen LogP contribution < -0.4 is 0 Å². The zero-order chi connectivity index (χ0) is 15.7. The summed E-state index contributed by atoms with van der Waals surface area (Å²) in [6.07, 6.45) is -1.68. The van der Waals surface area contributed by atoms with Crippen LogP contribution in [0.5, 0.6) is 0 Å². The van der Waals surface area contributed by atoms with E-state index in [-0.39, 0.29) is 25.2 Å². The van der Waals surface area contributed by atoms with Gasteiger partial charge >= 0.3 is 17.9 Å². The molecular formula is C15H18O6. The summed E-state index contributed by atoms with van der Waals surface area (Å²) in [7, 11) is 0. The number of carbonyl (C=O) groups is 3. The van der Waals surface area contributed by atoms with Crippen molar-refractivity contribution in [2.45, 2.75) is 26.4 Å². The normalized spacial score (nSPS) is 11.3. The van der Waals surface area contributed by atoms with E-state index in [1.54, 1.807) is 44.2 Å². The lowest BCUT2D eigenvalue weighted by molar-refractivity contribution is -0.160. The fourth-order valence-corrected chi connectivity index (χ4v) is 1.55. The van der Waals surface area contributed by atoms with Gasteiger partial charge in [-0.25, -0.2) is 9.59 Å². The molecule has 0 saturated heterocycles. The van der Waals surface area contributed by atoms with Gasteiger partial charge < -0.3 is 14.2 Å². The van der Waals surface area contributed by atoms with E-state index < -0.39 is 24.0 Å². The molecule has 0 heterocycles. The molecule has 1 atom stereocenters. The highest BCUT2D eigenvalue weighted by atomic mass is 16.6. The van der Waals surface area contributed by atoms with E-state index in [4.69, 9.17) is 14.2 Å². The Hall–Kier alpha value is -2.37. The van der Waals surface area contributed by atoms with Gasteiger partial charge in [0.25, 0.3) is 0 Å². The van der Waals surface area contributed by atoms with Crippen LogP contribution in [0.2, 0.25) is 0 Å². The monoisotopic (exact) mass is 294 g/mol. The van der Waals surface area contributed by atoms with Crippen molar-refractivity contribution in [3.63, 3.8) is 0 Å². The first kappa shape index (κ1) is 16.7. The van der Waals surface area contributed by atoms with Crippen LogP contribution in [0.25, 0.3) is 0 Å². The van der Waals surface area contributed by atoms with Gasteiger partial charge in [-0.05, 0) is 26.0 Å². The Morgan fingerprint density at radius 1 is 1.00 bits per heavy atom. The lowest BCUT2D eigenvalue weighted by Crippen LogP contribution is -2.32. The van der Waals surface area contributed by atoms with Gasteiger partial charge in [0.2, 0.25) is 6.10 Å². The number of benzene rings is 1. The first-order valence-corrected chi connectivity index (χ1v) is 6.66. The second-order valence-corrected chi connectivity index (χ2v) is 4.02. The number of ether oxygens (including phenoxy) is 3. The summed E-state index contributed by atoms with van der Waals surface area (Å²) in [4.78, 5) is 35.1. The largest absolute Gasteiger partial charge is 0.466 e. The zero-order valence-corrected chi connectivity index (χ0v) is 12.0. The molecule has 0 amide bonds. The molecule has 0 aliphatic heterocycles. The Labute approximate surface area is 123 Å². The maximum atomic E-state index is 11.9. The third-order valence-corrected chi connectivity index (χ3v) is 2.47. The van der Waals surface area contributed by atoms with Gasteiger partial charge in [-0.3, -0.25) is 4.79 Å². The van der Waals surface area contributed by atoms with E-state index >= 15 is 0 Å². The van der Waals surface area contributed by atoms with Gasteiger partial charge in [-0.2, -0.15) is 0 Å². The molecule has 21 heavy (non-hydrogen) atoms. The first-order valence-electron chi connectivity index (χ1n) is 6.66. The number of rotatable bonds is 7. The van der Waals surface area contributed by atoms with Crippen LogP contribution in [-0.4, -0.2) is 37.2 Å². The van der Waals surface area contributed by atoms with Crippen LogP contribution in [0, 0.1) is 0 Å². The van der Waals surface area contributed by atoms with Crippen LogP contribution in [0.4, 0.5) is 0 Å². The van der Waals surface area contributed by atoms with Crippen LogP contribution in [-0.2, 0) is 23.8 Å². The molecule has 0 aromatic heterocycles. The molecule has 0 aliphatic rings. The predicted molar refractivity (Wildman–Crippen MR) is 73.5 cm³/mol. The molecule has 1 aromatic rings. The van der Waals surface area contributed by atoms with E-state index in [2.05, 4.69) is 0 Å². The molecule has 0 bridgehead atoms. The molecular weight excluding hydrogens is 276 g/mol. The number of hydrogen-bond donors (Lipinski definition) is 0. The van der Waals surface area contributed by atoms with Crippen LogP contribution in [0.3, 0.4) is 0 Å². The van der Waals surface area contributed by atoms with Gasteiger partial charge in [0.05, 0.1) is 25.2 Å². The van der Waals surface area contributed by atoms with Gasteiger partial charge in [-0.15, -0.1) is 0 Å². The van der Waals surface area contributed by atoms with E-state index in [9.17, 15) is 14.4 Å². The van der Waals surface area contributed by atoms with Gasteiger partial charge in [-0.1, -0.05) is 18.2 Å². The topological polar surface area (TPSA) is 78.9 Å². The molecule has 6 nitrogen and oxygen atoms in total. The molecule has 0 spiro atoms. The smallest absolute Gasteiger partial charge is 0.348 e. The van der Waals surface area contributed by atoms with Crippen molar-refractivity contribution in [1.29, 1.82) is 0 Å². The predicted octanol–water partition coefficient (Wildman–Crippen LogP) is 1.73. The molecule has 0 fully saturated rings. The SMILES string of the molecule is CCOC(=O)C[C@@H](OC(=O)c1ccccc1)C(=O)OCC. The van der Waals surface area contributed by atoms with E-state index in [0.29, 0.717) is 0 Å². The number of hydrogen-bond acceptors (Lipinski definition) is 6. The summed E-state index contributed by atoms with van der Waals surface area (Å²) >= 11 is 0. The first-order chi connectivity index (χ1) is 10.1. The quantitative estimate of drug-likeness (QED) is 0.563. The van der Waals surface area contributed by atoms with Crippen molar-refractivity contribution >= 4 is 17.9 Å². The minimum absolute atomic E-state index is 0.126. The average Bonchev–Trinajstić information content (AvgIpc) is 2.48. The third-order valence-electron chi connectivity index (χ3n) is 2.47.